The summed E-state index contributed by atoms with van der Waals surface area (Å²) in [5.41, 5.74) is 2.44. The third kappa shape index (κ3) is 6.91. The van der Waals surface area contributed by atoms with Crippen molar-refractivity contribution in [3.05, 3.63) is 64.1 Å². The number of ether oxygens (including phenoxy) is 1. The van der Waals surface area contributed by atoms with E-state index in [1.165, 1.54) is 11.1 Å². The van der Waals surface area contributed by atoms with Crippen molar-refractivity contribution in [3.8, 4) is 5.75 Å². The number of amides is 1. The molecule has 0 spiro atoms. The van der Waals surface area contributed by atoms with E-state index in [1.807, 2.05) is 30.3 Å². The van der Waals surface area contributed by atoms with Crippen LogP contribution in [0.5, 0.6) is 5.75 Å². The fraction of sp³-hybridized carbons (Fsp3) is 0.381. The predicted octanol–water partition coefficient (Wildman–Crippen LogP) is 4.78. The molecular formula is C21H26BrNO2. The second kappa shape index (κ2) is 9.04. The van der Waals surface area contributed by atoms with E-state index in [9.17, 15) is 4.79 Å². The number of hydrogen-bond donors (Lipinski definition) is 1. The first-order chi connectivity index (χ1) is 11.9. The van der Waals surface area contributed by atoms with Gasteiger partial charge in [0.2, 0.25) is 0 Å². The zero-order valence-corrected chi connectivity index (χ0v) is 16.7. The van der Waals surface area contributed by atoms with Crippen molar-refractivity contribution in [2.45, 2.75) is 33.6 Å². The molecule has 3 nitrogen and oxygen atoms in total. The summed E-state index contributed by atoms with van der Waals surface area (Å²) >= 11 is 3.45. The van der Waals surface area contributed by atoms with Crippen LogP contribution in [0.25, 0.3) is 0 Å². The van der Waals surface area contributed by atoms with Gasteiger partial charge in [-0.3, -0.25) is 4.79 Å². The number of carbonyl (C=O) groups excluding carboxylic acids is 1. The fourth-order valence-electron chi connectivity index (χ4n) is 2.61. The number of carbonyl (C=O) groups is 1. The van der Waals surface area contributed by atoms with Crippen molar-refractivity contribution >= 4 is 21.8 Å². The molecule has 0 bridgehead atoms. The maximum absolute atomic E-state index is 12.1. The first-order valence-electron chi connectivity index (χ1n) is 8.61. The summed E-state index contributed by atoms with van der Waals surface area (Å²) in [5.74, 6) is 0.648. The molecule has 0 aliphatic rings. The summed E-state index contributed by atoms with van der Waals surface area (Å²) in [5, 5.41) is 2.98. The first-order valence-corrected chi connectivity index (χ1v) is 9.40. The summed E-state index contributed by atoms with van der Waals surface area (Å²) in [4.78, 5) is 12.1. The molecule has 2 aromatic rings. The highest BCUT2D eigenvalue weighted by Crippen LogP contribution is 2.22. The van der Waals surface area contributed by atoms with Gasteiger partial charge < -0.3 is 10.1 Å². The predicted molar refractivity (Wildman–Crippen MR) is 106 cm³/mol. The standard InChI is InChI=1S/C21H26BrNO2/c1-4-16-6-5-7-19(12-16)25-14-20(24)23-15-21(2,3)13-17-8-10-18(22)11-9-17/h5-12H,4,13-15H2,1-3H3,(H,23,24). The maximum atomic E-state index is 12.1. The summed E-state index contributed by atoms with van der Waals surface area (Å²) in [6.07, 6.45) is 1.85. The van der Waals surface area contributed by atoms with Crippen LogP contribution in [-0.4, -0.2) is 19.1 Å². The van der Waals surface area contributed by atoms with Crippen molar-refractivity contribution < 1.29 is 9.53 Å². The van der Waals surface area contributed by atoms with E-state index in [4.69, 9.17) is 4.74 Å². The van der Waals surface area contributed by atoms with Crippen LogP contribution >= 0.6 is 15.9 Å². The van der Waals surface area contributed by atoms with Crippen LogP contribution in [0.1, 0.15) is 31.9 Å². The minimum absolute atomic E-state index is 0.0222. The molecule has 0 fully saturated rings. The first kappa shape index (κ1) is 19.5. The van der Waals surface area contributed by atoms with Crippen LogP contribution < -0.4 is 10.1 Å². The molecule has 0 unspecified atom stereocenters. The van der Waals surface area contributed by atoms with Crippen LogP contribution in [0.3, 0.4) is 0 Å². The van der Waals surface area contributed by atoms with Crippen molar-refractivity contribution in [1.82, 2.24) is 5.32 Å². The van der Waals surface area contributed by atoms with E-state index in [0.717, 1.165) is 23.1 Å². The quantitative estimate of drug-likeness (QED) is 0.688. The van der Waals surface area contributed by atoms with Gasteiger partial charge >= 0.3 is 0 Å². The molecule has 0 saturated heterocycles. The van der Waals surface area contributed by atoms with Crippen molar-refractivity contribution in [1.29, 1.82) is 0 Å². The highest BCUT2D eigenvalue weighted by molar-refractivity contribution is 9.10. The Bertz CT molecular complexity index is 695. The highest BCUT2D eigenvalue weighted by Gasteiger charge is 2.19. The van der Waals surface area contributed by atoms with Gasteiger partial charge in [-0.05, 0) is 53.6 Å². The van der Waals surface area contributed by atoms with Crippen LogP contribution in [0.15, 0.2) is 53.0 Å². The maximum Gasteiger partial charge on any atom is 0.257 e. The molecule has 1 amide bonds. The van der Waals surface area contributed by atoms with Crippen LogP contribution in [0, 0.1) is 5.41 Å². The second-order valence-corrected chi connectivity index (χ2v) is 7.95. The van der Waals surface area contributed by atoms with Crippen LogP contribution in [0.2, 0.25) is 0 Å². The Morgan fingerprint density at radius 3 is 2.52 bits per heavy atom. The van der Waals surface area contributed by atoms with Crippen molar-refractivity contribution in [2.75, 3.05) is 13.2 Å². The minimum atomic E-state index is -0.0919. The average molecular weight is 404 g/mol. The summed E-state index contributed by atoms with van der Waals surface area (Å²) in [7, 11) is 0. The number of halogens is 1. The second-order valence-electron chi connectivity index (χ2n) is 7.03. The smallest absolute Gasteiger partial charge is 0.257 e. The highest BCUT2D eigenvalue weighted by atomic mass is 79.9. The van der Waals surface area contributed by atoms with Crippen LogP contribution in [-0.2, 0) is 17.6 Å². The zero-order valence-electron chi connectivity index (χ0n) is 15.1. The van der Waals surface area contributed by atoms with Gasteiger partial charge in [-0.15, -0.1) is 0 Å². The lowest BCUT2D eigenvalue weighted by Crippen LogP contribution is -2.37. The number of benzene rings is 2. The lowest BCUT2D eigenvalue weighted by molar-refractivity contribution is -0.123. The number of rotatable bonds is 8. The van der Waals surface area contributed by atoms with E-state index in [1.54, 1.807) is 0 Å². The Kier molecular flexibility index (Phi) is 7.06. The third-order valence-corrected chi connectivity index (χ3v) is 4.57. The summed E-state index contributed by atoms with van der Waals surface area (Å²) in [6.45, 7) is 7.06. The van der Waals surface area contributed by atoms with E-state index < -0.39 is 0 Å². The fourth-order valence-corrected chi connectivity index (χ4v) is 2.87. The van der Waals surface area contributed by atoms with E-state index in [0.29, 0.717) is 6.54 Å². The number of aryl methyl sites for hydroxylation is 1. The Morgan fingerprint density at radius 2 is 1.84 bits per heavy atom. The SMILES string of the molecule is CCc1cccc(OCC(=O)NCC(C)(C)Cc2ccc(Br)cc2)c1. The largest absolute Gasteiger partial charge is 0.484 e. The molecule has 0 radical (unpaired) electrons. The normalized spacial score (nSPS) is 11.2. The molecule has 25 heavy (non-hydrogen) atoms. The van der Waals surface area contributed by atoms with Crippen molar-refractivity contribution in [3.63, 3.8) is 0 Å². The van der Waals surface area contributed by atoms with E-state index >= 15 is 0 Å². The summed E-state index contributed by atoms with van der Waals surface area (Å²) < 4.78 is 6.67. The van der Waals surface area contributed by atoms with E-state index in [-0.39, 0.29) is 17.9 Å². The van der Waals surface area contributed by atoms with E-state index in [2.05, 4.69) is 60.2 Å². The lowest BCUT2D eigenvalue weighted by atomic mass is 9.85. The number of nitrogens with one attached hydrogen (secondary N) is 1. The lowest BCUT2D eigenvalue weighted by Gasteiger charge is -2.25. The molecule has 134 valence electrons. The van der Waals surface area contributed by atoms with Gasteiger partial charge in [0.25, 0.3) is 5.91 Å². The topological polar surface area (TPSA) is 38.3 Å². The molecular weight excluding hydrogens is 378 g/mol. The molecule has 0 heterocycles. The van der Waals surface area contributed by atoms with Crippen molar-refractivity contribution in [2.24, 2.45) is 5.41 Å². The van der Waals surface area contributed by atoms with Crippen LogP contribution in [0.4, 0.5) is 0 Å². The monoisotopic (exact) mass is 403 g/mol. The van der Waals surface area contributed by atoms with Gasteiger partial charge in [-0.1, -0.05) is 61.0 Å². The molecule has 0 aromatic heterocycles. The van der Waals surface area contributed by atoms with Gasteiger partial charge in [0.05, 0.1) is 0 Å². The Hall–Kier alpha value is -1.81. The Morgan fingerprint density at radius 1 is 1.12 bits per heavy atom. The number of hydrogen-bond acceptors (Lipinski definition) is 2. The van der Waals surface area contributed by atoms with Gasteiger partial charge in [0.15, 0.2) is 6.61 Å². The molecule has 0 aliphatic carbocycles. The average Bonchev–Trinajstić information content (AvgIpc) is 2.60. The molecule has 0 atom stereocenters. The van der Waals surface area contributed by atoms with Gasteiger partial charge in [-0.25, -0.2) is 0 Å². The van der Waals surface area contributed by atoms with Gasteiger partial charge in [0.1, 0.15) is 5.75 Å². The van der Waals surface area contributed by atoms with Gasteiger partial charge in [0, 0.05) is 11.0 Å². The molecule has 4 heteroatoms. The molecule has 0 saturated carbocycles. The molecule has 2 rings (SSSR count). The molecule has 1 N–H and O–H groups in total. The summed E-state index contributed by atoms with van der Waals surface area (Å²) in [6, 6.07) is 16.2. The third-order valence-electron chi connectivity index (χ3n) is 4.04. The molecule has 2 aromatic carbocycles. The zero-order chi connectivity index (χ0) is 18.3. The molecule has 0 aliphatic heterocycles. The van der Waals surface area contributed by atoms with Gasteiger partial charge in [-0.2, -0.15) is 0 Å². The Labute approximate surface area is 158 Å². The Balaban J connectivity index is 1.78. The minimum Gasteiger partial charge on any atom is -0.484 e.